The molecule has 0 fully saturated rings. The topological polar surface area (TPSA) is 9.86 Å². The molecule has 83 heavy (non-hydrogen) atoms. The number of benzene rings is 10. The van der Waals surface area contributed by atoms with Gasteiger partial charge in [-0.15, -0.1) is 21.0 Å². The van der Waals surface area contributed by atoms with Crippen LogP contribution in [0.5, 0.6) is 0 Å². The summed E-state index contributed by atoms with van der Waals surface area (Å²) < 4.78 is 4.51. The molecule has 0 amide bonds. The van der Waals surface area contributed by atoms with E-state index in [1.165, 1.54) is 25.3 Å². The number of fused-ring (bicyclic) bond motifs is 6. The first-order chi connectivity index (χ1) is 40.7. The smallest absolute Gasteiger partial charge is 0.115 e. The number of allylic oxidation sites excluding steroid dienone is 5. The fourth-order valence-electron chi connectivity index (χ4n) is 12.9. The Bertz CT molecular complexity index is 4670. The van der Waals surface area contributed by atoms with E-state index in [4.69, 9.17) is 54.9 Å². The van der Waals surface area contributed by atoms with Crippen molar-refractivity contribution in [2.75, 3.05) is 0 Å². The van der Waals surface area contributed by atoms with Gasteiger partial charge in [-0.3, -0.25) is 0 Å². The summed E-state index contributed by atoms with van der Waals surface area (Å²) in [4.78, 5) is 4.93. The molecule has 10 heteroatoms. The minimum atomic E-state index is -2.14. The summed E-state index contributed by atoms with van der Waals surface area (Å²) >= 11 is 0. The number of rotatable bonds is 10. The Morgan fingerprint density at radius 2 is 0.988 bits per heavy atom. The minimum absolute atomic E-state index is 0.167. The first kappa shape index (κ1) is 52.2. The third-order valence-corrected chi connectivity index (χ3v) is 20.5. The van der Waals surface area contributed by atoms with Crippen molar-refractivity contribution in [3.8, 4) is 56.6 Å². The average molecular weight is 1060 g/mol. The molecule has 2 nitrogen and oxygen atoms in total. The highest BCUT2D eigenvalue weighted by molar-refractivity contribution is 8.34. The molecule has 0 saturated heterocycles. The molecule has 12 aromatic rings. The lowest BCUT2D eigenvalue weighted by atomic mass is 9.64. The molecular weight excluding hydrogens is 1010 g/mol. The molecule has 10 aromatic carbocycles. The maximum atomic E-state index is 7.63. The Hall–Kier alpha value is -8.88. The van der Waals surface area contributed by atoms with Crippen molar-refractivity contribution in [3.63, 3.8) is 0 Å². The fraction of sp³-hybridized carbons (Fsp3) is 0.0411. The van der Waals surface area contributed by atoms with E-state index >= 15 is 0 Å². The molecule has 0 atom stereocenters. The van der Waals surface area contributed by atoms with E-state index in [2.05, 4.69) is 211 Å². The van der Waals surface area contributed by atoms with E-state index in [1.807, 2.05) is 47.0 Å². The van der Waals surface area contributed by atoms with Crippen molar-refractivity contribution in [2.24, 2.45) is 0 Å². The molecule has 2 aliphatic rings. The largest absolute Gasteiger partial charge is 0.312 e. The first-order valence-electron chi connectivity index (χ1n) is 27.8. The van der Waals surface area contributed by atoms with Crippen LogP contribution >= 0.6 is 10.0 Å². The first-order valence-corrected chi connectivity index (χ1v) is 29.4. The lowest BCUT2D eigenvalue weighted by Gasteiger charge is -2.43. The lowest BCUT2D eigenvalue weighted by molar-refractivity contribution is 0.887. The predicted molar refractivity (Wildman–Crippen MR) is 358 cm³/mol. The molecule has 0 unspecified atom stereocenters. The normalized spacial score (nSPS) is 13.2. The zero-order valence-electron chi connectivity index (χ0n) is 45.5. The van der Waals surface area contributed by atoms with Gasteiger partial charge in [0, 0.05) is 75.8 Å². The number of hydrogen-bond acceptors (Lipinski definition) is 0. The van der Waals surface area contributed by atoms with Crippen LogP contribution in [0.15, 0.2) is 250 Å². The van der Waals surface area contributed by atoms with Gasteiger partial charge in [-0.1, -0.05) is 203 Å². The van der Waals surface area contributed by atoms with E-state index in [-0.39, 0.29) is 21.9 Å². The summed E-state index contributed by atoms with van der Waals surface area (Å²) in [5, 5.41) is 2.15. The molecule has 14 rings (SSSR count). The zero-order chi connectivity index (χ0) is 56.5. The Kier molecular flexibility index (Phi) is 13.3. The predicted octanol–water partition coefficient (Wildman–Crippen LogP) is 10.9. The highest BCUT2D eigenvalue weighted by atomic mass is 32.3. The Balaban J connectivity index is 1.06. The summed E-state index contributed by atoms with van der Waals surface area (Å²) in [7, 11) is 47.9. The number of nitrogens with zero attached hydrogens (tertiary/aromatic N) is 2. The molecule has 0 spiro atoms. The van der Waals surface area contributed by atoms with Crippen LogP contribution in [0.3, 0.4) is 0 Å². The van der Waals surface area contributed by atoms with Crippen molar-refractivity contribution in [1.29, 1.82) is 0 Å². The number of aromatic nitrogens is 2. The molecule has 14 radical (unpaired) electrons. The van der Waals surface area contributed by atoms with Crippen LogP contribution in [0.4, 0.5) is 0 Å². The van der Waals surface area contributed by atoms with Crippen molar-refractivity contribution >= 4 is 148 Å². The Labute approximate surface area is 496 Å². The second-order valence-electron chi connectivity index (χ2n) is 21.1. The van der Waals surface area contributed by atoms with Crippen LogP contribution in [0.2, 0.25) is 0 Å². The van der Waals surface area contributed by atoms with E-state index in [9.17, 15) is 0 Å². The summed E-state index contributed by atoms with van der Waals surface area (Å²) in [5.74, 6) is 6.78. The van der Waals surface area contributed by atoms with Gasteiger partial charge in [-0.2, -0.15) is 0 Å². The maximum Gasteiger partial charge on any atom is 0.115 e. The summed E-state index contributed by atoms with van der Waals surface area (Å²) in [5.41, 5.74) is 15.8. The molecule has 2 aliphatic carbocycles. The molecule has 0 N–H and O–H groups in total. The van der Waals surface area contributed by atoms with Crippen molar-refractivity contribution in [1.82, 2.24) is 9.13 Å². The van der Waals surface area contributed by atoms with Gasteiger partial charge in [0.05, 0.1) is 16.9 Å². The standard InChI is InChI=1S/C73H45B7N2S/c74-64-61(65(75)69(79)72-62(64)63-66(76)67(77)68(78)70(80)73(63)82(72)58-38-22-20-36-53(58)45-24-10-3-11-25-45)48-40-41-60-57(42-48)54-37-21-23-39-59(54)81(60)71-55(46-26-8-1-2-9-27-46)43-52(44-56(71)47-28-12-4-13-29-47)83(49-30-14-5-15-31-49,50-32-16-6-17-33-50)51-34-18-7-19-35-51/h1,3-8,10-22,24-26,28-38,40-44H,23,27,39H2. The van der Waals surface area contributed by atoms with Gasteiger partial charge in [0.25, 0.3) is 0 Å². The highest BCUT2D eigenvalue weighted by Crippen LogP contribution is 2.74. The third kappa shape index (κ3) is 8.30. The zero-order valence-corrected chi connectivity index (χ0v) is 46.3. The molecule has 374 valence electrons. The van der Waals surface area contributed by atoms with Gasteiger partial charge in [0.2, 0.25) is 0 Å². The minimum Gasteiger partial charge on any atom is -0.312 e. The van der Waals surface area contributed by atoms with Gasteiger partial charge in [-0.25, -0.2) is 0 Å². The van der Waals surface area contributed by atoms with Crippen LogP contribution in [0.1, 0.15) is 29.7 Å². The van der Waals surface area contributed by atoms with Crippen LogP contribution in [-0.2, 0) is 6.42 Å². The third-order valence-electron chi connectivity index (χ3n) is 16.6. The maximum absolute atomic E-state index is 7.63. The average Bonchev–Trinajstić information content (AvgIpc) is 2.22. The van der Waals surface area contributed by atoms with Gasteiger partial charge in [0.15, 0.2) is 0 Å². The number of para-hydroxylation sites is 1. The van der Waals surface area contributed by atoms with E-state index in [1.54, 1.807) is 0 Å². The van der Waals surface area contributed by atoms with Gasteiger partial charge in [-0.05, 0) is 119 Å². The van der Waals surface area contributed by atoms with Crippen LogP contribution < -0.4 is 38.2 Å². The molecule has 0 saturated carbocycles. The van der Waals surface area contributed by atoms with E-state index < -0.39 is 10.0 Å². The van der Waals surface area contributed by atoms with Crippen molar-refractivity contribution < 1.29 is 0 Å². The highest BCUT2D eigenvalue weighted by Gasteiger charge is 2.36. The molecule has 0 bridgehead atoms. The fourth-order valence-corrected chi connectivity index (χ4v) is 16.8. The van der Waals surface area contributed by atoms with Crippen LogP contribution in [0.25, 0.3) is 89.1 Å². The lowest BCUT2D eigenvalue weighted by Crippen LogP contribution is -2.48. The van der Waals surface area contributed by atoms with E-state index in [0.29, 0.717) is 50.2 Å². The van der Waals surface area contributed by atoms with Crippen molar-refractivity contribution in [3.05, 3.63) is 247 Å². The summed E-state index contributed by atoms with van der Waals surface area (Å²) in [6.07, 6.45) is 13.0. The quantitative estimate of drug-likeness (QED) is 0.0954. The van der Waals surface area contributed by atoms with Gasteiger partial charge < -0.3 is 9.13 Å². The molecule has 2 heterocycles. The SMILES string of the molecule is [B]c1c([B])c([B])c2c(c1[B])c1c([B])c(-c3ccc4c(c3)c3c(n4-c4c(C5=CC=CC#CC5)cc(S(c5ccccc5)(c5ccccc5)c5ccccc5)cc4-c4ccccc4)CCC=C3)c([B])c([B])c1n2-c1ccccc1-c1ccccc1. The molecule has 2 aromatic heterocycles. The van der Waals surface area contributed by atoms with Crippen molar-refractivity contribution in [2.45, 2.75) is 38.8 Å². The van der Waals surface area contributed by atoms with Gasteiger partial charge in [0.1, 0.15) is 54.9 Å². The second-order valence-corrected chi connectivity index (χ2v) is 24.2. The second kappa shape index (κ2) is 21.1. The van der Waals surface area contributed by atoms with E-state index in [0.717, 1.165) is 79.6 Å². The number of hydrogen-bond donors (Lipinski definition) is 0. The monoisotopic (exact) mass is 1060 g/mol. The molecular formula is C73H45B7N2S. The van der Waals surface area contributed by atoms with Crippen LogP contribution in [-0.4, -0.2) is 64.1 Å². The Morgan fingerprint density at radius 1 is 0.446 bits per heavy atom. The Morgan fingerprint density at radius 3 is 1.63 bits per heavy atom. The molecule has 0 aliphatic heterocycles. The van der Waals surface area contributed by atoms with Gasteiger partial charge >= 0.3 is 0 Å². The summed E-state index contributed by atoms with van der Waals surface area (Å²) in [6, 6.07) is 73.6. The summed E-state index contributed by atoms with van der Waals surface area (Å²) in [6.45, 7) is 0. The van der Waals surface area contributed by atoms with Crippen LogP contribution in [0, 0.1) is 11.8 Å².